The third-order valence-corrected chi connectivity index (χ3v) is 6.75. The lowest BCUT2D eigenvalue weighted by molar-refractivity contribution is 0.0759. The van der Waals surface area contributed by atoms with Gasteiger partial charge in [0.2, 0.25) is 0 Å². The van der Waals surface area contributed by atoms with Crippen LogP contribution < -0.4 is 5.32 Å². The molecule has 0 radical (unpaired) electrons. The standard InChI is InChI=1S/C26H34N4O2/c1-16(2)18-9-11-20(12-10-18)30-15-19-13-21(22(26(4,5)32)14-23(19)29-30)25(31)28-24-8-6-7-17(3)27-24/h6-8,13-16,18,20,32H,9-12H2,1-5H3,(H,27,28,31). The molecule has 6 heteroatoms. The van der Waals surface area contributed by atoms with Crippen molar-refractivity contribution in [2.45, 2.75) is 71.9 Å². The molecule has 2 heterocycles. The Morgan fingerprint density at radius 1 is 1.19 bits per heavy atom. The van der Waals surface area contributed by atoms with Crippen molar-refractivity contribution in [3.63, 3.8) is 0 Å². The van der Waals surface area contributed by atoms with E-state index in [1.54, 1.807) is 19.9 Å². The van der Waals surface area contributed by atoms with Gasteiger partial charge in [-0.2, -0.15) is 5.10 Å². The van der Waals surface area contributed by atoms with Gasteiger partial charge in [-0.1, -0.05) is 19.9 Å². The molecule has 0 atom stereocenters. The highest BCUT2D eigenvalue weighted by Gasteiger charge is 2.28. The van der Waals surface area contributed by atoms with E-state index in [0.717, 1.165) is 41.3 Å². The van der Waals surface area contributed by atoms with Crippen molar-refractivity contribution < 1.29 is 9.90 Å². The molecule has 0 bridgehead atoms. The average Bonchev–Trinajstić information content (AvgIpc) is 3.15. The normalized spacial score (nSPS) is 19.5. The molecule has 0 aliphatic heterocycles. The molecule has 32 heavy (non-hydrogen) atoms. The summed E-state index contributed by atoms with van der Waals surface area (Å²) in [7, 11) is 0. The van der Waals surface area contributed by atoms with E-state index in [1.165, 1.54) is 12.8 Å². The van der Waals surface area contributed by atoms with Gasteiger partial charge in [-0.25, -0.2) is 4.98 Å². The monoisotopic (exact) mass is 434 g/mol. The summed E-state index contributed by atoms with van der Waals surface area (Å²) in [5, 5.41) is 19.4. The number of aryl methyl sites for hydroxylation is 1. The second-order valence-electron chi connectivity index (χ2n) is 10.1. The topological polar surface area (TPSA) is 80.0 Å². The molecule has 4 rings (SSSR count). The van der Waals surface area contributed by atoms with Crippen molar-refractivity contribution in [1.82, 2.24) is 14.8 Å². The first kappa shape index (κ1) is 22.5. The van der Waals surface area contributed by atoms with Gasteiger partial charge in [0.15, 0.2) is 0 Å². The number of anilines is 1. The van der Waals surface area contributed by atoms with Crippen molar-refractivity contribution in [3.8, 4) is 0 Å². The zero-order valence-electron chi connectivity index (χ0n) is 19.7. The van der Waals surface area contributed by atoms with Crippen molar-refractivity contribution in [3.05, 3.63) is 53.3 Å². The Bertz CT molecular complexity index is 1120. The first-order valence-electron chi connectivity index (χ1n) is 11.6. The second kappa shape index (κ2) is 8.66. The number of amides is 1. The van der Waals surface area contributed by atoms with E-state index in [1.807, 2.05) is 37.4 Å². The number of carbonyl (C=O) groups excluding carboxylic acids is 1. The molecular formula is C26H34N4O2. The smallest absolute Gasteiger partial charge is 0.257 e. The van der Waals surface area contributed by atoms with E-state index in [2.05, 4.69) is 28.8 Å². The van der Waals surface area contributed by atoms with Gasteiger partial charge in [0.05, 0.1) is 17.2 Å². The summed E-state index contributed by atoms with van der Waals surface area (Å²) in [6, 6.07) is 9.58. The van der Waals surface area contributed by atoms with Gasteiger partial charge in [0.25, 0.3) is 5.91 Å². The van der Waals surface area contributed by atoms with E-state index < -0.39 is 5.60 Å². The molecule has 0 saturated heterocycles. The molecular weight excluding hydrogens is 400 g/mol. The Kier molecular flexibility index (Phi) is 6.08. The number of nitrogens with one attached hydrogen (secondary N) is 1. The number of hydrogen-bond donors (Lipinski definition) is 2. The van der Waals surface area contributed by atoms with E-state index in [0.29, 0.717) is 23.0 Å². The van der Waals surface area contributed by atoms with E-state index >= 15 is 0 Å². The highest BCUT2D eigenvalue weighted by molar-refractivity contribution is 6.07. The van der Waals surface area contributed by atoms with Crippen LogP contribution in [0.4, 0.5) is 5.82 Å². The summed E-state index contributed by atoms with van der Waals surface area (Å²) in [5.74, 6) is 1.73. The highest BCUT2D eigenvalue weighted by atomic mass is 16.3. The predicted octanol–water partition coefficient (Wildman–Crippen LogP) is 5.61. The minimum Gasteiger partial charge on any atom is -0.386 e. The third-order valence-electron chi connectivity index (χ3n) is 6.75. The number of fused-ring (bicyclic) bond motifs is 1. The third kappa shape index (κ3) is 4.70. The van der Waals surface area contributed by atoms with E-state index in [4.69, 9.17) is 5.10 Å². The largest absolute Gasteiger partial charge is 0.386 e. The Morgan fingerprint density at radius 3 is 2.53 bits per heavy atom. The SMILES string of the molecule is Cc1cccc(NC(=O)c2cc3cn(C4CCC(C(C)C)CC4)nc3cc2C(C)(C)O)n1. The Morgan fingerprint density at radius 2 is 1.91 bits per heavy atom. The summed E-state index contributed by atoms with van der Waals surface area (Å²) in [6.07, 6.45) is 6.75. The number of aromatic nitrogens is 3. The van der Waals surface area contributed by atoms with Gasteiger partial charge in [0, 0.05) is 22.8 Å². The van der Waals surface area contributed by atoms with Gasteiger partial charge in [0.1, 0.15) is 5.82 Å². The number of carbonyl (C=O) groups is 1. The van der Waals surface area contributed by atoms with Crippen LogP contribution in [-0.2, 0) is 5.60 Å². The molecule has 0 unspecified atom stereocenters. The predicted molar refractivity (Wildman–Crippen MR) is 128 cm³/mol. The van der Waals surface area contributed by atoms with Crippen LogP contribution in [0.25, 0.3) is 10.9 Å². The van der Waals surface area contributed by atoms with Gasteiger partial charge < -0.3 is 10.4 Å². The summed E-state index contributed by atoms with van der Waals surface area (Å²) in [5.41, 5.74) is 1.45. The fourth-order valence-electron chi connectivity index (χ4n) is 4.80. The summed E-state index contributed by atoms with van der Waals surface area (Å²) in [4.78, 5) is 17.5. The lowest BCUT2D eigenvalue weighted by Crippen LogP contribution is -2.23. The highest BCUT2D eigenvalue weighted by Crippen LogP contribution is 2.37. The molecule has 1 aromatic carbocycles. The first-order valence-corrected chi connectivity index (χ1v) is 11.6. The number of rotatable bonds is 5. The summed E-state index contributed by atoms with van der Waals surface area (Å²) < 4.78 is 2.07. The maximum atomic E-state index is 13.2. The Labute approximate surface area is 190 Å². The number of hydrogen-bond acceptors (Lipinski definition) is 4. The molecule has 2 N–H and O–H groups in total. The zero-order valence-corrected chi connectivity index (χ0v) is 19.7. The van der Waals surface area contributed by atoms with Gasteiger partial charge in [-0.3, -0.25) is 9.48 Å². The van der Waals surface area contributed by atoms with Crippen LogP contribution in [0, 0.1) is 18.8 Å². The quantitative estimate of drug-likeness (QED) is 0.547. The molecule has 3 aromatic rings. The van der Waals surface area contributed by atoms with Crippen LogP contribution in [-0.4, -0.2) is 25.8 Å². The Hall–Kier alpha value is -2.73. The van der Waals surface area contributed by atoms with Crippen LogP contribution in [0.3, 0.4) is 0 Å². The number of aliphatic hydroxyl groups is 1. The number of pyridine rings is 1. The van der Waals surface area contributed by atoms with E-state index in [-0.39, 0.29) is 5.91 Å². The van der Waals surface area contributed by atoms with Gasteiger partial charge in [-0.05, 0) is 88.1 Å². The minimum absolute atomic E-state index is 0.285. The van der Waals surface area contributed by atoms with Crippen molar-refractivity contribution >= 4 is 22.6 Å². The van der Waals surface area contributed by atoms with Crippen molar-refractivity contribution in [1.29, 1.82) is 0 Å². The summed E-state index contributed by atoms with van der Waals surface area (Å²) >= 11 is 0. The van der Waals surface area contributed by atoms with Gasteiger partial charge in [-0.15, -0.1) is 0 Å². The molecule has 1 fully saturated rings. The van der Waals surface area contributed by atoms with Crippen molar-refractivity contribution in [2.75, 3.05) is 5.32 Å². The molecule has 170 valence electrons. The van der Waals surface area contributed by atoms with Crippen LogP contribution in [0.15, 0.2) is 36.5 Å². The number of nitrogens with zero attached hydrogens (tertiary/aromatic N) is 3. The molecule has 1 aliphatic carbocycles. The average molecular weight is 435 g/mol. The first-order chi connectivity index (χ1) is 15.1. The lowest BCUT2D eigenvalue weighted by Gasteiger charge is -2.30. The maximum absolute atomic E-state index is 13.2. The zero-order chi connectivity index (χ0) is 23.0. The summed E-state index contributed by atoms with van der Waals surface area (Å²) in [6.45, 7) is 9.89. The Balaban J connectivity index is 1.66. The van der Waals surface area contributed by atoms with Gasteiger partial charge >= 0.3 is 0 Å². The molecule has 1 amide bonds. The molecule has 1 aliphatic rings. The maximum Gasteiger partial charge on any atom is 0.257 e. The fourth-order valence-corrected chi connectivity index (χ4v) is 4.80. The molecule has 6 nitrogen and oxygen atoms in total. The molecule has 2 aromatic heterocycles. The van der Waals surface area contributed by atoms with Crippen LogP contribution >= 0.6 is 0 Å². The van der Waals surface area contributed by atoms with Crippen LogP contribution in [0.5, 0.6) is 0 Å². The number of benzene rings is 1. The van der Waals surface area contributed by atoms with Crippen LogP contribution in [0.1, 0.15) is 81.0 Å². The fraction of sp³-hybridized carbons (Fsp3) is 0.500. The molecule has 0 spiro atoms. The molecule has 1 saturated carbocycles. The lowest BCUT2D eigenvalue weighted by atomic mass is 9.80. The second-order valence-corrected chi connectivity index (χ2v) is 10.1. The van der Waals surface area contributed by atoms with Crippen LogP contribution in [0.2, 0.25) is 0 Å². The van der Waals surface area contributed by atoms with Crippen molar-refractivity contribution in [2.24, 2.45) is 11.8 Å². The van der Waals surface area contributed by atoms with E-state index in [9.17, 15) is 9.90 Å². The minimum atomic E-state index is -1.18.